The number of nitrogens with zero attached hydrogens (tertiary/aromatic N) is 1. The highest BCUT2D eigenvalue weighted by atomic mass is 35.5. The van der Waals surface area contributed by atoms with Crippen LogP contribution < -0.4 is 15.4 Å². The van der Waals surface area contributed by atoms with Crippen molar-refractivity contribution in [2.24, 2.45) is 0 Å². The zero-order valence-electron chi connectivity index (χ0n) is 15.4. The number of carbonyl (C=O) groups excluding carboxylic acids is 1. The molecular formula is C21H19ClFN3O2. The number of carbonyl (C=O) groups is 1. The molecule has 7 heteroatoms. The summed E-state index contributed by atoms with van der Waals surface area (Å²) in [6.45, 7) is 2.34. The van der Waals surface area contributed by atoms with E-state index < -0.39 is 0 Å². The first-order valence-corrected chi connectivity index (χ1v) is 8.94. The third kappa shape index (κ3) is 4.78. The van der Waals surface area contributed by atoms with Gasteiger partial charge in [-0.3, -0.25) is 9.78 Å². The second kappa shape index (κ2) is 8.71. The molecular weight excluding hydrogens is 381 g/mol. The topological polar surface area (TPSA) is 63.2 Å². The molecule has 5 nitrogen and oxygen atoms in total. The summed E-state index contributed by atoms with van der Waals surface area (Å²) >= 11 is 6.10. The first-order valence-electron chi connectivity index (χ1n) is 8.56. The Hall–Kier alpha value is -3.12. The predicted octanol–water partition coefficient (Wildman–Crippen LogP) is 5.06. The van der Waals surface area contributed by atoms with Gasteiger partial charge in [-0.1, -0.05) is 23.7 Å². The zero-order chi connectivity index (χ0) is 20.1. The van der Waals surface area contributed by atoms with Gasteiger partial charge in [0.05, 0.1) is 12.8 Å². The maximum absolute atomic E-state index is 13.0. The summed E-state index contributed by atoms with van der Waals surface area (Å²) in [6, 6.07) is 13.0. The molecule has 1 aromatic heterocycles. The standard InChI is InChI=1S/C21H19ClFN3O2/c1-13-9-18(20(28-2)11-17(13)22)26-21(27)19-10-16(7-8-24-19)25-12-14-3-5-15(23)6-4-14/h3-11H,12H2,1-2H3,(H,24,25)(H,26,27). The molecule has 0 radical (unpaired) electrons. The fourth-order valence-electron chi connectivity index (χ4n) is 2.59. The lowest BCUT2D eigenvalue weighted by molar-refractivity contribution is 0.102. The Morgan fingerprint density at radius 3 is 2.64 bits per heavy atom. The van der Waals surface area contributed by atoms with Gasteiger partial charge in [-0.2, -0.15) is 0 Å². The first kappa shape index (κ1) is 19.6. The minimum absolute atomic E-state index is 0.249. The second-order valence-corrected chi connectivity index (χ2v) is 6.57. The number of rotatable bonds is 6. The normalized spacial score (nSPS) is 10.4. The molecule has 0 fully saturated rings. The van der Waals surface area contributed by atoms with E-state index in [4.69, 9.17) is 16.3 Å². The molecule has 3 rings (SSSR count). The van der Waals surface area contributed by atoms with E-state index in [-0.39, 0.29) is 17.4 Å². The Morgan fingerprint density at radius 2 is 1.93 bits per heavy atom. The number of halogens is 2. The van der Waals surface area contributed by atoms with Crippen LogP contribution in [-0.2, 0) is 6.54 Å². The minimum Gasteiger partial charge on any atom is -0.495 e. The highest BCUT2D eigenvalue weighted by Gasteiger charge is 2.13. The summed E-state index contributed by atoms with van der Waals surface area (Å²) < 4.78 is 18.3. The number of hydrogen-bond acceptors (Lipinski definition) is 4. The van der Waals surface area contributed by atoms with Crippen LogP contribution in [0.15, 0.2) is 54.7 Å². The molecule has 0 aliphatic rings. The lowest BCUT2D eigenvalue weighted by atomic mass is 10.2. The van der Waals surface area contributed by atoms with Crippen molar-refractivity contribution in [2.75, 3.05) is 17.7 Å². The number of anilines is 2. The lowest BCUT2D eigenvalue weighted by Gasteiger charge is -2.12. The van der Waals surface area contributed by atoms with E-state index in [1.54, 1.807) is 42.6 Å². The molecule has 28 heavy (non-hydrogen) atoms. The van der Waals surface area contributed by atoms with E-state index in [9.17, 15) is 9.18 Å². The molecule has 0 aliphatic carbocycles. The Bertz CT molecular complexity index is 993. The Balaban J connectivity index is 1.72. The van der Waals surface area contributed by atoms with Gasteiger partial charge in [0.2, 0.25) is 0 Å². The van der Waals surface area contributed by atoms with Gasteiger partial charge in [0.1, 0.15) is 17.3 Å². The van der Waals surface area contributed by atoms with Crippen LogP contribution in [0.3, 0.4) is 0 Å². The number of ether oxygens (including phenoxy) is 1. The quantitative estimate of drug-likeness (QED) is 0.608. The molecule has 1 heterocycles. The molecule has 3 aromatic rings. The molecule has 0 saturated heterocycles. The van der Waals surface area contributed by atoms with Crippen LogP contribution in [0.5, 0.6) is 5.75 Å². The maximum atomic E-state index is 13.0. The zero-order valence-corrected chi connectivity index (χ0v) is 16.2. The van der Waals surface area contributed by atoms with Crippen LogP contribution in [0.4, 0.5) is 15.8 Å². The summed E-state index contributed by atoms with van der Waals surface area (Å²) in [5.74, 6) is -0.181. The van der Waals surface area contributed by atoms with Crippen molar-refractivity contribution < 1.29 is 13.9 Å². The lowest BCUT2D eigenvalue weighted by Crippen LogP contribution is -2.15. The number of methoxy groups -OCH3 is 1. The summed E-state index contributed by atoms with van der Waals surface area (Å²) in [5.41, 5.74) is 3.23. The molecule has 2 aromatic carbocycles. The van der Waals surface area contributed by atoms with E-state index in [0.29, 0.717) is 23.0 Å². The van der Waals surface area contributed by atoms with E-state index in [0.717, 1.165) is 16.8 Å². The van der Waals surface area contributed by atoms with Gasteiger partial charge in [-0.25, -0.2) is 4.39 Å². The third-order valence-corrected chi connectivity index (χ3v) is 4.54. The average molecular weight is 400 g/mol. The Kier molecular flexibility index (Phi) is 6.11. The fraction of sp³-hybridized carbons (Fsp3) is 0.143. The molecule has 0 atom stereocenters. The molecule has 1 amide bonds. The molecule has 0 spiro atoms. The Morgan fingerprint density at radius 1 is 1.18 bits per heavy atom. The van der Waals surface area contributed by atoms with Crippen LogP contribution in [0, 0.1) is 12.7 Å². The van der Waals surface area contributed by atoms with Crippen molar-refractivity contribution in [1.29, 1.82) is 0 Å². The summed E-state index contributed by atoms with van der Waals surface area (Å²) in [4.78, 5) is 16.7. The van der Waals surface area contributed by atoms with Crippen LogP contribution in [0.2, 0.25) is 5.02 Å². The number of aryl methyl sites for hydroxylation is 1. The largest absolute Gasteiger partial charge is 0.495 e. The minimum atomic E-state index is -0.370. The number of pyridine rings is 1. The van der Waals surface area contributed by atoms with E-state index in [1.807, 2.05) is 6.92 Å². The van der Waals surface area contributed by atoms with Crippen molar-refractivity contribution in [3.05, 3.63) is 82.4 Å². The van der Waals surface area contributed by atoms with Gasteiger partial charge in [-0.05, 0) is 48.4 Å². The van der Waals surface area contributed by atoms with Gasteiger partial charge < -0.3 is 15.4 Å². The van der Waals surface area contributed by atoms with E-state index in [1.165, 1.54) is 19.2 Å². The summed E-state index contributed by atoms with van der Waals surface area (Å²) in [6.07, 6.45) is 1.55. The van der Waals surface area contributed by atoms with Crippen molar-refractivity contribution in [1.82, 2.24) is 4.98 Å². The van der Waals surface area contributed by atoms with Gasteiger partial charge in [-0.15, -0.1) is 0 Å². The van der Waals surface area contributed by atoms with Gasteiger partial charge in [0.25, 0.3) is 5.91 Å². The van der Waals surface area contributed by atoms with Crippen LogP contribution in [-0.4, -0.2) is 18.0 Å². The summed E-state index contributed by atoms with van der Waals surface area (Å²) in [7, 11) is 1.51. The van der Waals surface area contributed by atoms with Gasteiger partial charge in [0.15, 0.2) is 0 Å². The van der Waals surface area contributed by atoms with Gasteiger partial charge >= 0.3 is 0 Å². The van der Waals surface area contributed by atoms with Crippen molar-refractivity contribution in [3.8, 4) is 5.75 Å². The second-order valence-electron chi connectivity index (χ2n) is 6.17. The van der Waals surface area contributed by atoms with Crippen LogP contribution in [0.1, 0.15) is 21.6 Å². The Labute approximate surface area is 167 Å². The van der Waals surface area contributed by atoms with Crippen LogP contribution >= 0.6 is 11.6 Å². The number of benzene rings is 2. The highest BCUT2D eigenvalue weighted by Crippen LogP contribution is 2.31. The first-order chi connectivity index (χ1) is 13.5. The molecule has 144 valence electrons. The molecule has 0 unspecified atom stereocenters. The van der Waals surface area contributed by atoms with Crippen molar-refractivity contribution >= 4 is 28.9 Å². The smallest absolute Gasteiger partial charge is 0.274 e. The SMILES string of the molecule is COc1cc(Cl)c(C)cc1NC(=O)c1cc(NCc2ccc(F)cc2)ccn1. The van der Waals surface area contributed by atoms with Crippen molar-refractivity contribution in [3.63, 3.8) is 0 Å². The molecule has 0 bridgehead atoms. The number of aromatic nitrogens is 1. The molecule has 0 saturated carbocycles. The number of amides is 1. The van der Waals surface area contributed by atoms with Crippen LogP contribution in [0.25, 0.3) is 0 Å². The predicted molar refractivity (Wildman–Crippen MR) is 109 cm³/mol. The highest BCUT2D eigenvalue weighted by molar-refractivity contribution is 6.31. The van der Waals surface area contributed by atoms with Gasteiger partial charge in [0, 0.05) is 29.5 Å². The van der Waals surface area contributed by atoms with E-state index in [2.05, 4.69) is 15.6 Å². The molecule has 2 N–H and O–H groups in total. The number of nitrogens with one attached hydrogen (secondary N) is 2. The number of hydrogen-bond donors (Lipinski definition) is 2. The maximum Gasteiger partial charge on any atom is 0.274 e. The third-order valence-electron chi connectivity index (χ3n) is 4.13. The summed E-state index contributed by atoms with van der Waals surface area (Å²) in [5, 5.41) is 6.55. The van der Waals surface area contributed by atoms with Crippen molar-refractivity contribution in [2.45, 2.75) is 13.5 Å². The average Bonchev–Trinajstić information content (AvgIpc) is 2.70. The monoisotopic (exact) mass is 399 g/mol. The molecule has 0 aliphatic heterocycles. The fourth-order valence-corrected chi connectivity index (χ4v) is 2.74. The van der Waals surface area contributed by atoms with E-state index >= 15 is 0 Å².